The number of nitrogens with zero attached hydrogens (tertiary/aromatic N) is 1. The van der Waals surface area contributed by atoms with Crippen LogP contribution in [0.5, 0.6) is 0 Å². The van der Waals surface area contributed by atoms with Gasteiger partial charge in [-0.25, -0.2) is 0 Å². The fourth-order valence-electron chi connectivity index (χ4n) is 1.85. The van der Waals surface area contributed by atoms with E-state index in [1.165, 1.54) is 7.05 Å². The van der Waals surface area contributed by atoms with Gasteiger partial charge in [-0.1, -0.05) is 24.6 Å². The van der Waals surface area contributed by atoms with Crippen LogP contribution in [-0.4, -0.2) is 25.8 Å². The van der Waals surface area contributed by atoms with Crippen molar-refractivity contribution in [1.29, 1.82) is 0 Å². The molecular weight excluding hydrogens is 277 g/mol. The van der Waals surface area contributed by atoms with E-state index in [2.05, 4.69) is 0 Å². The standard InChI is InChI=1S/C13H18ClF3N2/c1-3-11(18)6-9-4-5-10(14)7-12(9)19(2)8-13(15,16)17/h4-5,7,11H,3,6,8,18H2,1-2H3. The normalized spacial score (nSPS) is 13.4. The second kappa shape index (κ2) is 6.48. The van der Waals surface area contributed by atoms with Gasteiger partial charge in [-0.3, -0.25) is 0 Å². The van der Waals surface area contributed by atoms with Gasteiger partial charge in [0.2, 0.25) is 0 Å². The predicted molar refractivity (Wildman–Crippen MR) is 72.7 cm³/mol. The molecule has 0 aliphatic rings. The summed E-state index contributed by atoms with van der Waals surface area (Å²) < 4.78 is 37.4. The molecule has 1 unspecified atom stereocenters. The van der Waals surface area contributed by atoms with Gasteiger partial charge in [0.05, 0.1) is 0 Å². The van der Waals surface area contributed by atoms with Crippen molar-refractivity contribution in [3.63, 3.8) is 0 Å². The summed E-state index contributed by atoms with van der Waals surface area (Å²) in [6.45, 7) is 0.932. The molecule has 2 nitrogen and oxygen atoms in total. The Morgan fingerprint density at radius 2 is 2.00 bits per heavy atom. The van der Waals surface area contributed by atoms with Crippen LogP contribution in [0.15, 0.2) is 18.2 Å². The van der Waals surface area contributed by atoms with Crippen LogP contribution in [0.1, 0.15) is 18.9 Å². The third kappa shape index (κ3) is 5.28. The van der Waals surface area contributed by atoms with Crippen molar-refractivity contribution < 1.29 is 13.2 Å². The van der Waals surface area contributed by atoms with Crippen molar-refractivity contribution in [3.05, 3.63) is 28.8 Å². The third-order valence-electron chi connectivity index (χ3n) is 2.88. The van der Waals surface area contributed by atoms with Gasteiger partial charge in [0.15, 0.2) is 0 Å². The van der Waals surface area contributed by atoms with E-state index in [1.54, 1.807) is 18.2 Å². The van der Waals surface area contributed by atoms with E-state index in [0.29, 0.717) is 17.1 Å². The molecule has 1 atom stereocenters. The van der Waals surface area contributed by atoms with Crippen molar-refractivity contribution in [2.75, 3.05) is 18.5 Å². The van der Waals surface area contributed by atoms with Crippen LogP contribution in [0, 0.1) is 0 Å². The van der Waals surface area contributed by atoms with Crippen LogP contribution in [0.25, 0.3) is 0 Å². The lowest BCUT2D eigenvalue weighted by Gasteiger charge is -2.25. The zero-order valence-electron chi connectivity index (χ0n) is 11.0. The number of nitrogens with two attached hydrogens (primary N) is 1. The van der Waals surface area contributed by atoms with Gasteiger partial charge in [-0.15, -0.1) is 0 Å². The Labute approximate surface area is 116 Å². The van der Waals surface area contributed by atoms with Gasteiger partial charge < -0.3 is 10.6 Å². The average molecular weight is 295 g/mol. The van der Waals surface area contributed by atoms with Crippen molar-refractivity contribution in [2.45, 2.75) is 32.0 Å². The maximum absolute atomic E-state index is 12.5. The predicted octanol–water partition coefficient (Wildman–Crippen LogP) is 3.62. The first kappa shape index (κ1) is 16.1. The molecule has 0 amide bonds. The molecule has 1 aromatic rings. The summed E-state index contributed by atoms with van der Waals surface area (Å²) in [4.78, 5) is 1.16. The summed E-state index contributed by atoms with van der Waals surface area (Å²) in [7, 11) is 1.40. The highest BCUT2D eigenvalue weighted by atomic mass is 35.5. The highest BCUT2D eigenvalue weighted by Crippen LogP contribution is 2.28. The largest absolute Gasteiger partial charge is 0.405 e. The van der Waals surface area contributed by atoms with Gasteiger partial charge in [0, 0.05) is 23.8 Å². The van der Waals surface area contributed by atoms with Crippen molar-refractivity contribution in [2.24, 2.45) is 5.73 Å². The van der Waals surface area contributed by atoms with Crippen molar-refractivity contribution in [3.8, 4) is 0 Å². The van der Waals surface area contributed by atoms with E-state index in [-0.39, 0.29) is 6.04 Å². The van der Waals surface area contributed by atoms with E-state index in [0.717, 1.165) is 16.9 Å². The van der Waals surface area contributed by atoms with E-state index in [9.17, 15) is 13.2 Å². The third-order valence-corrected chi connectivity index (χ3v) is 3.12. The van der Waals surface area contributed by atoms with Gasteiger partial charge >= 0.3 is 6.18 Å². The number of hydrogen-bond acceptors (Lipinski definition) is 2. The van der Waals surface area contributed by atoms with E-state index >= 15 is 0 Å². The molecule has 1 aromatic carbocycles. The highest BCUT2D eigenvalue weighted by Gasteiger charge is 2.30. The van der Waals surface area contributed by atoms with E-state index in [4.69, 9.17) is 17.3 Å². The number of halogens is 4. The quantitative estimate of drug-likeness (QED) is 0.899. The Hall–Kier alpha value is -0.940. The number of anilines is 1. The first-order chi connectivity index (χ1) is 8.73. The summed E-state index contributed by atoms with van der Waals surface area (Å²) in [6.07, 6.45) is -2.95. The molecule has 0 aliphatic carbocycles. The zero-order chi connectivity index (χ0) is 14.6. The Bertz CT molecular complexity index is 421. The minimum atomic E-state index is -4.25. The smallest absolute Gasteiger partial charge is 0.365 e. The molecular formula is C13H18ClF3N2. The number of hydrogen-bond donors (Lipinski definition) is 1. The van der Waals surface area contributed by atoms with E-state index < -0.39 is 12.7 Å². The highest BCUT2D eigenvalue weighted by molar-refractivity contribution is 6.30. The number of rotatable bonds is 5. The summed E-state index contributed by atoms with van der Waals surface area (Å²) in [6, 6.07) is 4.88. The molecule has 2 N–H and O–H groups in total. The maximum Gasteiger partial charge on any atom is 0.405 e. The molecule has 0 aromatic heterocycles. The molecule has 0 bridgehead atoms. The van der Waals surface area contributed by atoms with Crippen molar-refractivity contribution in [1.82, 2.24) is 0 Å². The summed E-state index contributed by atoms with van der Waals surface area (Å²) in [5.74, 6) is 0. The Morgan fingerprint density at radius 3 is 2.53 bits per heavy atom. The molecule has 0 spiro atoms. The Balaban J connectivity index is 2.99. The molecule has 1 rings (SSSR count). The molecule has 0 aliphatic heterocycles. The molecule has 0 saturated carbocycles. The number of alkyl halides is 3. The summed E-state index contributed by atoms with van der Waals surface area (Å²) in [5.41, 5.74) is 7.13. The first-order valence-electron chi connectivity index (χ1n) is 6.05. The topological polar surface area (TPSA) is 29.3 Å². The van der Waals surface area contributed by atoms with Crippen LogP contribution in [0.3, 0.4) is 0 Å². The first-order valence-corrected chi connectivity index (χ1v) is 6.42. The average Bonchev–Trinajstić information content (AvgIpc) is 2.29. The van der Waals surface area contributed by atoms with Crippen LogP contribution >= 0.6 is 11.6 Å². The molecule has 108 valence electrons. The van der Waals surface area contributed by atoms with Crippen LogP contribution in [0.4, 0.5) is 18.9 Å². The monoisotopic (exact) mass is 294 g/mol. The summed E-state index contributed by atoms with van der Waals surface area (Å²) >= 11 is 5.86. The van der Waals surface area contributed by atoms with Crippen LogP contribution in [-0.2, 0) is 6.42 Å². The molecule has 0 saturated heterocycles. The van der Waals surface area contributed by atoms with Crippen molar-refractivity contribution >= 4 is 17.3 Å². The van der Waals surface area contributed by atoms with Gasteiger partial charge in [0.25, 0.3) is 0 Å². The Morgan fingerprint density at radius 1 is 1.37 bits per heavy atom. The second-order valence-corrected chi connectivity index (χ2v) is 5.05. The molecule has 6 heteroatoms. The van der Waals surface area contributed by atoms with Crippen LogP contribution < -0.4 is 10.6 Å². The minimum absolute atomic E-state index is 0.0702. The fraction of sp³-hybridized carbons (Fsp3) is 0.538. The Kier molecular flexibility index (Phi) is 5.50. The number of benzene rings is 1. The molecule has 0 fully saturated rings. The van der Waals surface area contributed by atoms with Crippen LogP contribution in [0.2, 0.25) is 5.02 Å². The fourth-order valence-corrected chi connectivity index (χ4v) is 2.01. The lowest BCUT2D eigenvalue weighted by atomic mass is 10.0. The summed E-state index contributed by atoms with van der Waals surface area (Å²) in [5, 5.41) is 0.415. The van der Waals surface area contributed by atoms with E-state index in [1.807, 2.05) is 6.92 Å². The molecule has 0 heterocycles. The minimum Gasteiger partial charge on any atom is -0.365 e. The maximum atomic E-state index is 12.5. The lowest BCUT2D eigenvalue weighted by Crippen LogP contribution is -2.32. The van der Waals surface area contributed by atoms with Gasteiger partial charge in [0.1, 0.15) is 6.54 Å². The zero-order valence-corrected chi connectivity index (χ0v) is 11.7. The second-order valence-electron chi connectivity index (χ2n) is 4.62. The SMILES string of the molecule is CCC(N)Cc1ccc(Cl)cc1N(C)CC(F)(F)F. The molecule has 19 heavy (non-hydrogen) atoms. The molecule has 0 radical (unpaired) electrons. The van der Waals surface area contributed by atoms with Gasteiger partial charge in [-0.2, -0.15) is 13.2 Å². The van der Waals surface area contributed by atoms with Gasteiger partial charge in [-0.05, 0) is 30.5 Å². The lowest BCUT2D eigenvalue weighted by molar-refractivity contribution is -0.119.